The molecule has 2 aliphatic rings. The van der Waals surface area contributed by atoms with E-state index < -0.39 is 11.6 Å². The zero-order valence-corrected chi connectivity index (χ0v) is 18.1. The lowest BCUT2D eigenvalue weighted by atomic mass is 10.1. The van der Waals surface area contributed by atoms with Crippen molar-refractivity contribution in [2.24, 2.45) is 5.92 Å². The van der Waals surface area contributed by atoms with E-state index in [9.17, 15) is 13.6 Å². The molecule has 1 unspecified atom stereocenters. The number of aryl methyl sites for hydroxylation is 1. The summed E-state index contributed by atoms with van der Waals surface area (Å²) < 4.78 is 28.7. The molecule has 3 aromatic rings. The summed E-state index contributed by atoms with van der Waals surface area (Å²) in [5.74, 6) is -1.56. The van der Waals surface area contributed by atoms with Gasteiger partial charge in [0.2, 0.25) is 0 Å². The van der Waals surface area contributed by atoms with Crippen LogP contribution in [0.1, 0.15) is 40.2 Å². The van der Waals surface area contributed by atoms with Crippen molar-refractivity contribution in [3.8, 4) is 5.69 Å². The second-order valence-corrected chi connectivity index (χ2v) is 8.78. The molecule has 1 saturated heterocycles. The van der Waals surface area contributed by atoms with Gasteiger partial charge in [0.25, 0.3) is 5.91 Å². The maximum absolute atomic E-state index is 13.6. The number of carbonyl (C=O) groups excluding carboxylic acids is 1. The van der Waals surface area contributed by atoms with Gasteiger partial charge in [0.15, 0.2) is 17.3 Å². The zero-order valence-electron chi connectivity index (χ0n) is 18.1. The molecule has 5 rings (SSSR count). The number of nitrogens with zero attached hydrogens (tertiary/aromatic N) is 3. The highest BCUT2D eigenvalue weighted by Gasteiger charge is 2.28. The summed E-state index contributed by atoms with van der Waals surface area (Å²) in [6.07, 6.45) is 3.72. The van der Waals surface area contributed by atoms with E-state index in [1.54, 1.807) is 6.07 Å². The molecule has 32 heavy (non-hydrogen) atoms. The third-order valence-electron chi connectivity index (χ3n) is 6.53. The van der Waals surface area contributed by atoms with Gasteiger partial charge in [-0.05, 0) is 62.8 Å². The van der Waals surface area contributed by atoms with E-state index in [4.69, 9.17) is 0 Å². The maximum Gasteiger partial charge on any atom is 0.272 e. The summed E-state index contributed by atoms with van der Waals surface area (Å²) in [4.78, 5) is 15.0. The summed E-state index contributed by atoms with van der Waals surface area (Å²) in [5.41, 5.74) is 5.54. The number of nitrogens with one attached hydrogen (secondary N) is 1. The molecule has 1 aliphatic carbocycles. The fourth-order valence-electron chi connectivity index (χ4n) is 4.76. The molecule has 1 atom stereocenters. The molecule has 2 aromatic carbocycles. The second-order valence-electron chi connectivity index (χ2n) is 8.78. The zero-order chi connectivity index (χ0) is 22.2. The minimum Gasteiger partial charge on any atom is -0.371 e. The van der Waals surface area contributed by atoms with E-state index in [0.717, 1.165) is 55.2 Å². The van der Waals surface area contributed by atoms with Gasteiger partial charge in [-0.2, -0.15) is 5.10 Å². The predicted octanol–water partition coefficient (Wildman–Crippen LogP) is 4.20. The second kappa shape index (κ2) is 8.37. The smallest absolute Gasteiger partial charge is 0.272 e. The van der Waals surface area contributed by atoms with Crippen molar-refractivity contribution in [3.63, 3.8) is 0 Å². The van der Waals surface area contributed by atoms with Gasteiger partial charge in [-0.15, -0.1) is 0 Å². The van der Waals surface area contributed by atoms with E-state index in [1.165, 1.54) is 11.6 Å². The van der Waals surface area contributed by atoms with Gasteiger partial charge in [0.05, 0.1) is 5.69 Å². The van der Waals surface area contributed by atoms with E-state index in [-0.39, 0.29) is 11.8 Å². The summed E-state index contributed by atoms with van der Waals surface area (Å²) in [7, 11) is 0. The highest BCUT2D eigenvalue weighted by atomic mass is 19.2. The van der Waals surface area contributed by atoms with Crippen LogP contribution in [0.2, 0.25) is 0 Å². The number of aromatic nitrogens is 2. The van der Waals surface area contributed by atoms with Crippen LogP contribution < -0.4 is 10.2 Å². The minimum atomic E-state index is -0.839. The number of carbonyl (C=O) groups is 1. The van der Waals surface area contributed by atoms with Crippen LogP contribution in [-0.4, -0.2) is 35.3 Å². The normalized spacial score (nSPS) is 17.6. The van der Waals surface area contributed by atoms with Crippen molar-refractivity contribution in [2.45, 2.75) is 32.6 Å². The van der Waals surface area contributed by atoms with Crippen LogP contribution in [0.5, 0.6) is 0 Å². The highest BCUT2D eigenvalue weighted by molar-refractivity contribution is 5.94. The molecule has 1 N–H and O–H groups in total. The SMILES string of the molecule is Cc1ccc(-n2nc(C(=O)NCC3CCN(c4ccc(F)c(F)c4)C3)c3c2CCC3)cc1. The van der Waals surface area contributed by atoms with Crippen molar-refractivity contribution < 1.29 is 13.6 Å². The van der Waals surface area contributed by atoms with Crippen molar-refractivity contribution in [3.05, 3.63) is 76.6 Å². The molecule has 0 spiro atoms. The summed E-state index contributed by atoms with van der Waals surface area (Å²) >= 11 is 0. The van der Waals surface area contributed by atoms with Crippen molar-refractivity contribution in [1.82, 2.24) is 15.1 Å². The van der Waals surface area contributed by atoms with Crippen molar-refractivity contribution in [1.29, 1.82) is 0 Å². The highest BCUT2D eigenvalue weighted by Crippen LogP contribution is 2.28. The topological polar surface area (TPSA) is 50.2 Å². The Bertz CT molecular complexity index is 1160. The number of amides is 1. The van der Waals surface area contributed by atoms with Gasteiger partial charge in [0, 0.05) is 42.6 Å². The van der Waals surface area contributed by atoms with Crippen molar-refractivity contribution >= 4 is 11.6 Å². The monoisotopic (exact) mass is 436 g/mol. The molecule has 1 aromatic heterocycles. The first-order valence-electron chi connectivity index (χ1n) is 11.2. The molecular formula is C25H26F2N4O. The van der Waals surface area contributed by atoms with E-state index in [0.29, 0.717) is 24.5 Å². The number of rotatable bonds is 5. The fourth-order valence-corrected chi connectivity index (χ4v) is 4.76. The molecular weight excluding hydrogens is 410 g/mol. The predicted molar refractivity (Wildman–Crippen MR) is 119 cm³/mol. The Morgan fingerprint density at radius 3 is 2.66 bits per heavy atom. The summed E-state index contributed by atoms with van der Waals surface area (Å²) in [5, 5.41) is 7.74. The number of halogens is 2. The van der Waals surface area contributed by atoms with Crippen LogP contribution in [0.4, 0.5) is 14.5 Å². The van der Waals surface area contributed by atoms with E-state index >= 15 is 0 Å². The molecule has 0 radical (unpaired) electrons. The first-order chi connectivity index (χ1) is 15.5. The number of hydrogen-bond donors (Lipinski definition) is 1. The van der Waals surface area contributed by atoms with Crippen LogP contribution in [0.25, 0.3) is 5.69 Å². The Balaban J connectivity index is 1.25. The molecule has 5 nitrogen and oxygen atoms in total. The molecule has 7 heteroatoms. The van der Waals surface area contributed by atoms with Crippen LogP contribution in [0.3, 0.4) is 0 Å². The lowest BCUT2D eigenvalue weighted by molar-refractivity contribution is 0.0942. The largest absolute Gasteiger partial charge is 0.371 e. The van der Waals surface area contributed by atoms with Crippen molar-refractivity contribution in [2.75, 3.05) is 24.5 Å². The molecule has 0 bridgehead atoms. The summed E-state index contributed by atoms with van der Waals surface area (Å²) in [6.45, 7) is 4.03. The number of anilines is 1. The van der Waals surface area contributed by atoms with Crippen LogP contribution in [0, 0.1) is 24.5 Å². The molecule has 1 amide bonds. The Kier molecular flexibility index (Phi) is 5.41. The lowest BCUT2D eigenvalue weighted by Gasteiger charge is -2.19. The van der Waals surface area contributed by atoms with Gasteiger partial charge < -0.3 is 10.2 Å². The molecule has 166 valence electrons. The van der Waals surface area contributed by atoms with Crippen LogP contribution >= 0.6 is 0 Å². The molecule has 1 aliphatic heterocycles. The average Bonchev–Trinajstić information content (AvgIpc) is 3.51. The van der Waals surface area contributed by atoms with Gasteiger partial charge in [-0.1, -0.05) is 17.7 Å². The van der Waals surface area contributed by atoms with Crippen LogP contribution in [0.15, 0.2) is 42.5 Å². The molecule has 0 saturated carbocycles. The quantitative estimate of drug-likeness (QED) is 0.652. The van der Waals surface area contributed by atoms with E-state index in [1.807, 2.05) is 28.6 Å². The minimum absolute atomic E-state index is 0.139. The van der Waals surface area contributed by atoms with Gasteiger partial charge >= 0.3 is 0 Å². The van der Waals surface area contributed by atoms with Gasteiger partial charge in [-0.3, -0.25) is 4.79 Å². The molecule has 1 fully saturated rings. The average molecular weight is 437 g/mol. The lowest BCUT2D eigenvalue weighted by Crippen LogP contribution is -2.31. The Labute approximate surface area is 186 Å². The molecule has 2 heterocycles. The number of hydrogen-bond acceptors (Lipinski definition) is 3. The standard InChI is InChI=1S/C25H26F2N4O/c1-16-5-7-18(8-6-16)31-23-4-2-3-20(23)24(29-31)25(32)28-14-17-11-12-30(15-17)19-9-10-21(26)22(27)13-19/h5-10,13,17H,2-4,11-12,14-15H2,1H3,(H,28,32). The number of benzene rings is 2. The first kappa shape index (κ1) is 20.7. The Hall–Kier alpha value is -3.22. The fraction of sp³-hybridized carbons (Fsp3) is 0.360. The number of fused-ring (bicyclic) bond motifs is 1. The third kappa shape index (κ3) is 3.87. The summed E-state index contributed by atoms with van der Waals surface area (Å²) in [6, 6.07) is 12.2. The first-order valence-corrected chi connectivity index (χ1v) is 11.2. The van der Waals surface area contributed by atoms with Gasteiger partial charge in [-0.25, -0.2) is 13.5 Å². The Morgan fingerprint density at radius 1 is 1.09 bits per heavy atom. The maximum atomic E-state index is 13.6. The van der Waals surface area contributed by atoms with Gasteiger partial charge in [0.1, 0.15) is 0 Å². The van der Waals surface area contributed by atoms with E-state index in [2.05, 4.69) is 22.5 Å². The van der Waals surface area contributed by atoms with Crippen LogP contribution in [-0.2, 0) is 12.8 Å². The third-order valence-corrected chi connectivity index (χ3v) is 6.53. The Morgan fingerprint density at radius 2 is 1.88 bits per heavy atom.